The van der Waals surface area contributed by atoms with E-state index in [9.17, 15) is 9.36 Å². The summed E-state index contributed by atoms with van der Waals surface area (Å²) >= 11 is 0. The Morgan fingerprint density at radius 1 is 1.64 bits per heavy atom. The highest BCUT2D eigenvalue weighted by molar-refractivity contribution is 7.59. The first-order chi connectivity index (χ1) is 6.54. The summed E-state index contributed by atoms with van der Waals surface area (Å²) in [6.07, 6.45) is 3.76. The fourth-order valence-electron chi connectivity index (χ4n) is 0.606. The van der Waals surface area contributed by atoms with Gasteiger partial charge in [-0.1, -0.05) is 0 Å². The van der Waals surface area contributed by atoms with E-state index < -0.39 is 13.7 Å². The fourth-order valence-corrected chi connectivity index (χ4v) is 1.50. The largest absolute Gasteiger partial charge is 0.465 e. The third-order valence-corrected chi connectivity index (χ3v) is 2.53. The van der Waals surface area contributed by atoms with Crippen LogP contribution in [0.25, 0.3) is 0 Å². The van der Waals surface area contributed by atoms with Crippen molar-refractivity contribution in [3.63, 3.8) is 0 Å². The molecule has 0 aliphatic rings. The lowest BCUT2D eigenvalue weighted by Gasteiger charge is -2.11. The maximum atomic E-state index is 11.4. The van der Waals surface area contributed by atoms with Crippen molar-refractivity contribution in [2.75, 3.05) is 19.8 Å². The Bertz CT molecular complexity index is 272. The molecule has 0 aliphatic heterocycles. The minimum absolute atomic E-state index is 0.00801. The van der Waals surface area contributed by atoms with Gasteiger partial charge in [0.05, 0.1) is 13.2 Å². The molecule has 0 saturated heterocycles. The Morgan fingerprint density at radius 2 is 2.29 bits per heavy atom. The van der Waals surface area contributed by atoms with Gasteiger partial charge in [0.1, 0.15) is 0 Å². The number of hydrogen-bond donors (Lipinski definition) is 2. The first-order valence-electron chi connectivity index (χ1n) is 3.88. The van der Waals surface area contributed by atoms with Crippen LogP contribution in [0.5, 0.6) is 0 Å². The SMILES string of the molecule is C#CP(=O)(OCC)OCCNC(=O)O. The number of rotatable bonds is 6. The zero-order valence-electron chi connectivity index (χ0n) is 7.73. The molecule has 0 aromatic heterocycles. The molecule has 7 heteroatoms. The molecule has 1 atom stereocenters. The summed E-state index contributed by atoms with van der Waals surface area (Å²) in [7, 11) is -3.47. The number of terminal acetylenes is 1. The smallest absolute Gasteiger partial charge is 0.405 e. The van der Waals surface area contributed by atoms with Gasteiger partial charge in [-0.3, -0.25) is 9.05 Å². The van der Waals surface area contributed by atoms with Crippen LogP contribution in [-0.2, 0) is 13.6 Å². The van der Waals surface area contributed by atoms with Crippen LogP contribution in [0.4, 0.5) is 4.79 Å². The zero-order chi connectivity index (χ0) is 11.0. The fraction of sp³-hybridized carbons (Fsp3) is 0.571. The minimum Gasteiger partial charge on any atom is -0.465 e. The van der Waals surface area contributed by atoms with Crippen LogP contribution >= 0.6 is 7.60 Å². The van der Waals surface area contributed by atoms with E-state index in [0.717, 1.165) is 0 Å². The molecule has 0 rings (SSSR count). The monoisotopic (exact) mass is 221 g/mol. The van der Waals surface area contributed by atoms with Crippen molar-refractivity contribution in [1.82, 2.24) is 5.32 Å². The Balaban J connectivity index is 3.80. The Hall–Kier alpha value is -1.02. The number of amides is 1. The molecule has 0 bridgehead atoms. The third-order valence-electron chi connectivity index (χ3n) is 1.10. The van der Waals surface area contributed by atoms with Crippen LogP contribution in [0.15, 0.2) is 0 Å². The molecule has 0 heterocycles. The van der Waals surface area contributed by atoms with Crippen LogP contribution in [0.1, 0.15) is 6.92 Å². The minimum atomic E-state index is -3.47. The van der Waals surface area contributed by atoms with Gasteiger partial charge in [0.15, 0.2) is 0 Å². The summed E-state index contributed by atoms with van der Waals surface area (Å²) in [5.74, 6) is 0. The maximum Gasteiger partial charge on any atom is 0.405 e. The molecular weight excluding hydrogens is 209 g/mol. The van der Waals surface area contributed by atoms with Gasteiger partial charge in [0.25, 0.3) is 0 Å². The van der Waals surface area contributed by atoms with Crippen molar-refractivity contribution < 1.29 is 23.5 Å². The van der Waals surface area contributed by atoms with Crippen molar-refractivity contribution >= 4 is 13.7 Å². The number of nitrogens with one attached hydrogen (secondary N) is 1. The van der Waals surface area contributed by atoms with Crippen molar-refractivity contribution in [1.29, 1.82) is 0 Å². The van der Waals surface area contributed by atoms with Crippen LogP contribution in [0.2, 0.25) is 0 Å². The molecule has 80 valence electrons. The van der Waals surface area contributed by atoms with Gasteiger partial charge in [-0.2, -0.15) is 0 Å². The average Bonchev–Trinajstić information content (AvgIpc) is 2.13. The van der Waals surface area contributed by atoms with Gasteiger partial charge in [-0.15, -0.1) is 6.42 Å². The second kappa shape index (κ2) is 6.44. The van der Waals surface area contributed by atoms with Crippen LogP contribution in [0.3, 0.4) is 0 Å². The van der Waals surface area contributed by atoms with Crippen molar-refractivity contribution in [2.24, 2.45) is 0 Å². The van der Waals surface area contributed by atoms with E-state index in [0.29, 0.717) is 0 Å². The van der Waals surface area contributed by atoms with E-state index in [1.807, 2.05) is 11.0 Å². The lowest BCUT2D eigenvalue weighted by molar-refractivity contribution is 0.186. The highest BCUT2D eigenvalue weighted by Gasteiger charge is 2.19. The van der Waals surface area contributed by atoms with Crippen molar-refractivity contribution in [3.8, 4) is 12.1 Å². The summed E-state index contributed by atoms with van der Waals surface area (Å²) in [4.78, 5) is 10.0. The van der Waals surface area contributed by atoms with E-state index in [1.54, 1.807) is 6.92 Å². The van der Waals surface area contributed by atoms with Crippen LogP contribution in [0, 0.1) is 12.1 Å². The van der Waals surface area contributed by atoms with Crippen molar-refractivity contribution in [2.45, 2.75) is 6.92 Å². The molecule has 0 fully saturated rings. The summed E-state index contributed by atoms with van der Waals surface area (Å²) in [5, 5.41) is 10.2. The summed E-state index contributed by atoms with van der Waals surface area (Å²) in [5.41, 5.74) is 1.90. The molecule has 0 radical (unpaired) electrons. The molecule has 0 aromatic carbocycles. The van der Waals surface area contributed by atoms with Crippen molar-refractivity contribution in [3.05, 3.63) is 0 Å². The molecule has 0 aromatic rings. The molecule has 2 N–H and O–H groups in total. The summed E-state index contributed by atoms with van der Waals surface area (Å²) in [6.45, 7) is 1.72. The predicted octanol–water partition coefficient (Wildman–Crippen LogP) is 1.09. The molecule has 1 unspecified atom stereocenters. The van der Waals surface area contributed by atoms with Gasteiger partial charge in [0.2, 0.25) is 0 Å². The average molecular weight is 221 g/mol. The van der Waals surface area contributed by atoms with E-state index in [-0.39, 0.29) is 19.8 Å². The standard InChI is InChI=1S/C7H12NO5P/c1-3-12-14(11,4-2)13-6-5-8-7(9)10/h2,8H,3,5-6H2,1H3,(H,9,10). The Kier molecular flexibility index (Phi) is 5.97. The van der Waals surface area contributed by atoms with Gasteiger partial charge in [0, 0.05) is 12.2 Å². The van der Waals surface area contributed by atoms with Gasteiger partial charge in [-0.05, 0) is 6.92 Å². The number of hydrogen-bond acceptors (Lipinski definition) is 4. The molecule has 0 saturated carbocycles. The molecule has 0 spiro atoms. The second-order valence-electron chi connectivity index (χ2n) is 2.11. The topological polar surface area (TPSA) is 84.9 Å². The third kappa shape index (κ3) is 5.60. The van der Waals surface area contributed by atoms with Crippen LogP contribution in [-0.4, -0.2) is 31.0 Å². The molecule has 1 amide bonds. The molecule has 14 heavy (non-hydrogen) atoms. The molecule has 0 aliphatic carbocycles. The molecular formula is C7H12NO5P. The predicted molar refractivity (Wildman–Crippen MR) is 50.0 cm³/mol. The van der Waals surface area contributed by atoms with Gasteiger partial charge >= 0.3 is 13.7 Å². The van der Waals surface area contributed by atoms with Crippen LogP contribution < -0.4 is 5.32 Å². The van der Waals surface area contributed by atoms with E-state index in [2.05, 4.69) is 0 Å². The van der Waals surface area contributed by atoms with Gasteiger partial charge in [-0.25, -0.2) is 9.36 Å². The molecule has 6 nitrogen and oxygen atoms in total. The quantitative estimate of drug-likeness (QED) is 0.398. The maximum absolute atomic E-state index is 11.4. The Morgan fingerprint density at radius 3 is 2.71 bits per heavy atom. The first-order valence-corrected chi connectivity index (χ1v) is 5.42. The summed E-state index contributed by atoms with van der Waals surface area (Å²) < 4.78 is 20.8. The summed E-state index contributed by atoms with van der Waals surface area (Å²) in [6, 6.07) is 0. The van der Waals surface area contributed by atoms with E-state index in [1.165, 1.54) is 0 Å². The van der Waals surface area contributed by atoms with E-state index in [4.69, 9.17) is 20.6 Å². The normalized spacial score (nSPS) is 14.0. The zero-order valence-corrected chi connectivity index (χ0v) is 8.62. The number of carbonyl (C=O) groups is 1. The lowest BCUT2D eigenvalue weighted by Crippen LogP contribution is -2.24. The lowest BCUT2D eigenvalue weighted by atomic mass is 10.7. The second-order valence-corrected chi connectivity index (χ2v) is 3.88. The van der Waals surface area contributed by atoms with E-state index >= 15 is 0 Å². The first kappa shape index (κ1) is 13.0. The highest BCUT2D eigenvalue weighted by Crippen LogP contribution is 2.46. The van der Waals surface area contributed by atoms with Gasteiger partial charge < -0.3 is 10.4 Å². The number of carboxylic acid groups (broad SMARTS) is 1. The Labute approximate surface area is 82.1 Å². The highest BCUT2D eigenvalue weighted by atomic mass is 31.2.